The highest BCUT2D eigenvalue weighted by Gasteiger charge is 2.21. The van der Waals surface area contributed by atoms with Crippen LogP contribution in [0.5, 0.6) is 0 Å². The first-order valence-corrected chi connectivity index (χ1v) is 8.10. The van der Waals surface area contributed by atoms with E-state index in [0.717, 1.165) is 5.76 Å². The van der Waals surface area contributed by atoms with Crippen molar-refractivity contribution in [3.05, 3.63) is 81.6 Å². The van der Waals surface area contributed by atoms with E-state index in [9.17, 15) is 4.79 Å². The van der Waals surface area contributed by atoms with E-state index in [-0.39, 0.29) is 5.91 Å². The molecule has 2 aromatic heterocycles. The summed E-state index contributed by atoms with van der Waals surface area (Å²) >= 11 is 12.1. The van der Waals surface area contributed by atoms with E-state index in [1.54, 1.807) is 35.4 Å². The van der Waals surface area contributed by atoms with Crippen LogP contribution < -0.4 is 0 Å². The number of hydrogen-bond acceptors (Lipinski definition) is 3. The molecule has 3 aromatic rings. The lowest BCUT2D eigenvalue weighted by molar-refractivity contribution is 0.0704. The Kier molecular flexibility index (Phi) is 4.97. The maximum absolute atomic E-state index is 12.9. The molecule has 0 saturated carbocycles. The molecule has 6 heteroatoms. The minimum atomic E-state index is -0.220. The minimum Gasteiger partial charge on any atom is -0.467 e. The number of rotatable bonds is 5. The van der Waals surface area contributed by atoms with Crippen LogP contribution in [0, 0.1) is 6.92 Å². The number of aryl methyl sites for hydroxylation is 1. The van der Waals surface area contributed by atoms with Gasteiger partial charge in [-0.2, -0.15) is 0 Å². The predicted molar refractivity (Wildman–Crippen MR) is 92.2 cm³/mol. The van der Waals surface area contributed by atoms with Crippen LogP contribution in [0.3, 0.4) is 0 Å². The summed E-state index contributed by atoms with van der Waals surface area (Å²) < 4.78 is 11.0. The first kappa shape index (κ1) is 16.7. The van der Waals surface area contributed by atoms with Crippen molar-refractivity contribution in [2.75, 3.05) is 0 Å². The van der Waals surface area contributed by atoms with Crippen LogP contribution in [0.15, 0.2) is 57.6 Å². The molecule has 0 aliphatic carbocycles. The van der Waals surface area contributed by atoms with Crippen LogP contribution in [-0.2, 0) is 13.1 Å². The van der Waals surface area contributed by atoms with Crippen molar-refractivity contribution >= 4 is 29.1 Å². The molecule has 0 saturated heterocycles. The lowest BCUT2D eigenvalue weighted by Crippen LogP contribution is -2.30. The smallest absolute Gasteiger partial charge is 0.256 e. The molecule has 0 atom stereocenters. The summed E-state index contributed by atoms with van der Waals surface area (Å²) in [7, 11) is 0. The molecule has 0 spiro atoms. The van der Waals surface area contributed by atoms with Gasteiger partial charge in [0.2, 0.25) is 0 Å². The van der Waals surface area contributed by atoms with Gasteiger partial charge >= 0.3 is 0 Å². The number of furan rings is 2. The average Bonchev–Trinajstić information content (AvgIpc) is 3.18. The van der Waals surface area contributed by atoms with Gasteiger partial charge in [0.25, 0.3) is 5.91 Å². The summed E-state index contributed by atoms with van der Waals surface area (Å²) in [4.78, 5) is 14.5. The lowest BCUT2D eigenvalue weighted by Gasteiger charge is -2.21. The van der Waals surface area contributed by atoms with E-state index in [1.165, 1.54) is 0 Å². The fourth-order valence-corrected chi connectivity index (χ4v) is 2.87. The number of carbonyl (C=O) groups excluding carboxylic acids is 1. The zero-order valence-electron chi connectivity index (χ0n) is 13.0. The van der Waals surface area contributed by atoms with E-state index in [0.29, 0.717) is 40.2 Å². The van der Waals surface area contributed by atoms with Crippen LogP contribution >= 0.6 is 23.2 Å². The van der Waals surface area contributed by atoms with E-state index < -0.39 is 0 Å². The van der Waals surface area contributed by atoms with Gasteiger partial charge in [-0.1, -0.05) is 23.2 Å². The molecule has 3 rings (SSSR count). The van der Waals surface area contributed by atoms with Crippen LogP contribution in [0.4, 0.5) is 0 Å². The minimum absolute atomic E-state index is 0.220. The molecule has 24 heavy (non-hydrogen) atoms. The van der Waals surface area contributed by atoms with Gasteiger partial charge in [0.05, 0.1) is 29.9 Å². The van der Waals surface area contributed by atoms with Crippen LogP contribution in [0.1, 0.15) is 27.6 Å². The van der Waals surface area contributed by atoms with E-state index in [2.05, 4.69) is 0 Å². The molecule has 124 valence electrons. The van der Waals surface area contributed by atoms with Gasteiger partial charge in [-0.05, 0) is 49.4 Å². The molecule has 0 bridgehead atoms. The van der Waals surface area contributed by atoms with E-state index in [4.69, 9.17) is 32.0 Å². The maximum Gasteiger partial charge on any atom is 0.256 e. The molecule has 1 aromatic carbocycles. The van der Waals surface area contributed by atoms with Gasteiger partial charge in [0.1, 0.15) is 17.3 Å². The largest absolute Gasteiger partial charge is 0.467 e. The third kappa shape index (κ3) is 3.83. The van der Waals surface area contributed by atoms with Crippen LogP contribution in [-0.4, -0.2) is 10.8 Å². The topological polar surface area (TPSA) is 46.6 Å². The summed E-state index contributed by atoms with van der Waals surface area (Å²) in [5, 5.41) is 0.795. The predicted octanol–water partition coefficient (Wildman–Crippen LogP) is 5.33. The Morgan fingerprint density at radius 2 is 1.88 bits per heavy atom. The highest BCUT2D eigenvalue weighted by atomic mass is 35.5. The lowest BCUT2D eigenvalue weighted by atomic mass is 10.2. The fourth-order valence-electron chi connectivity index (χ4n) is 2.38. The summed E-state index contributed by atoms with van der Waals surface area (Å²) in [6.45, 7) is 2.48. The van der Waals surface area contributed by atoms with Gasteiger partial charge in [0, 0.05) is 5.02 Å². The van der Waals surface area contributed by atoms with Crippen molar-refractivity contribution in [1.82, 2.24) is 4.90 Å². The standard InChI is InChI=1S/C18H15Cl2NO3/c1-12-4-6-15(24-12)11-21(10-14-3-2-8-23-14)18(22)16-7-5-13(19)9-17(16)20/h2-9H,10-11H2,1H3. The zero-order chi connectivity index (χ0) is 17.1. The monoisotopic (exact) mass is 363 g/mol. The van der Waals surface area contributed by atoms with Crippen molar-refractivity contribution in [2.24, 2.45) is 0 Å². The normalized spacial score (nSPS) is 10.8. The molecule has 0 radical (unpaired) electrons. The Morgan fingerprint density at radius 1 is 1.08 bits per heavy atom. The van der Waals surface area contributed by atoms with E-state index >= 15 is 0 Å². The van der Waals surface area contributed by atoms with Gasteiger partial charge in [-0.25, -0.2) is 0 Å². The van der Waals surface area contributed by atoms with Crippen LogP contribution in [0.25, 0.3) is 0 Å². The summed E-state index contributed by atoms with van der Waals surface area (Å²) in [5.41, 5.74) is 0.385. The third-order valence-corrected chi connectivity index (χ3v) is 4.07. The second kappa shape index (κ2) is 7.16. The Bertz CT molecular complexity index is 840. The SMILES string of the molecule is Cc1ccc(CN(Cc2ccco2)C(=O)c2ccc(Cl)cc2Cl)o1. The molecule has 0 aliphatic heterocycles. The Labute approximate surface area is 149 Å². The summed E-state index contributed by atoms with van der Waals surface area (Å²) in [6, 6.07) is 12.1. The van der Waals surface area contributed by atoms with E-state index in [1.807, 2.05) is 25.1 Å². The summed E-state index contributed by atoms with van der Waals surface area (Å²) in [6.07, 6.45) is 1.57. The number of carbonyl (C=O) groups is 1. The van der Waals surface area contributed by atoms with Gasteiger partial charge in [-0.15, -0.1) is 0 Å². The molecular weight excluding hydrogens is 349 g/mol. The number of halogens is 2. The van der Waals surface area contributed by atoms with Crippen molar-refractivity contribution < 1.29 is 13.6 Å². The maximum atomic E-state index is 12.9. The van der Waals surface area contributed by atoms with Crippen molar-refractivity contribution in [3.8, 4) is 0 Å². The molecule has 0 unspecified atom stereocenters. The Balaban J connectivity index is 1.88. The highest BCUT2D eigenvalue weighted by molar-refractivity contribution is 6.36. The van der Waals surface area contributed by atoms with Crippen LogP contribution in [0.2, 0.25) is 10.0 Å². The molecule has 2 heterocycles. The number of hydrogen-bond donors (Lipinski definition) is 0. The molecule has 4 nitrogen and oxygen atoms in total. The second-order valence-electron chi connectivity index (χ2n) is 5.38. The van der Waals surface area contributed by atoms with Gasteiger partial charge in [0.15, 0.2) is 0 Å². The second-order valence-corrected chi connectivity index (χ2v) is 6.22. The molecule has 0 N–H and O–H groups in total. The Morgan fingerprint density at radius 3 is 2.50 bits per heavy atom. The number of nitrogens with zero attached hydrogens (tertiary/aromatic N) is 1. The Hall–Kier alpha value is -2.17. The molecule has 0 aliphatic rings. The van der Waals surface area contributed by atoms with Crippen molar-refractivity contribution in [1.29, 1.82) is 0 Å². The molecular formula is C18H15Cl2NO3. The average molecular weight is 364 g/mol. The summed E-state index contributed by atoms with van der Waals surface area (Å²) in [5.74, 6) is 1.94. The van der Waals surface area contributed by atoms with Crippen molar-refractivity contribution in [3.63, 3.8) is 0 Å². The number of benzene rings is 1. The highest BCUT2D eigenvalue weighted by Crippen LogP contribution is 2.24. The first-order valence-electron chi connectivity index (χ1n) is 7.35. The number of amides is 1. The first-order chi connectivity index (χ1) is 11.5. The quantitative estimate of drug-likeness (QED) is 0.615. The molecule has 0 fully saturated rings. The van der Waals surface area contributed by atoms with Crippen molar-refractivity contribution in [2.45, 2.75) is 20.0 Å². The fraction of sp³-hybridized carbons (Fsp3) is 0.167. The van der Waals surface area contributed by atoms with Gasteiger partial charge in [-0.3, -0.25) is 4.79 Å². The van der Waals surface area contributed by atoms with Gasteiger partial charge < -0.3 is 13.7 Å². The molecule has 1 amide bonds. The third-order valence-electron chi connectivity index (χ3n) is 3.52. The zero-order valence-corrected chi connectivity index (χ0v) is 14.5.